The third kappa shape index (κ3) is 3.11. The Morgan fingerprint density at radius 3 is 2.40 bits per heavy atom. The highest BCUT2D eigenvalue weighted by Crippen LogP contribution is 2.10. The summed E-state index contributed by atoms with van der Waals surface area (Å²) in [6.45, 7) is 2.22. The zero-order valence-electron chi connectivity index (χ0n) is 11.0. The van der Waals surface area contributed by atoms with Crippen molar-refractivity contribution in [1.29, 1.82) is 0 Å². The van der Waals surface area contributed by atoms with Gasteiger partial charge in [0.1, 0.15) is 0 Å². The first kappa shape index (κ1) is 14.4. The summed E-state index contributed by atoms with van der Waals surface area (Å²) in [5, 5.41) is 13.6. The summed E-state index contributed by atoms with van der Waals surface area (Å²) in [6, 6.07) is -0.223. The highest BCUT2D eigenvalue weighted by molar-refractivity contribution is 5.99. The molecule has 0 bridgehead atoms. The van der Waals surface area contributed by atoms with E-state index in [0.29, 0.717) is 0 Å². The Balaban J connectivity index is 1.98. The van der Waals surface area contributed by atoms with Gasteiger partial charge in [-0.05, 0) is 6.92 Å². The summed E-state index contributed by atoms with van der Waals surface area (Å²) in [5.74, 6) is -2.23. The van der Waals surface area contributed by atoms with Gasteiger partial charge in [0.15, 0.2) is 6.17 Å². The molecule has 2 saturated heterocycles. The van der Waals surface area contributed by atoms with E-state index in [9.17, 15) is 19.2 Å². The maximum Gasteiger partial charge on any atom is 0.341 e. The second-order valence-corrected chi connectivity index (χ2v) is 4.96. The van der Waals surface area contributed by atoms with Crippen LogP contribution < -0.4 is 10.6 Å². The van der Waals surface area contributed by atoms with Gasteiger partial charge < -0.3 is 10.4 Å². The molecule has 2 fully saturated rings. The largest absolute Gasteiger partial charge is 0.479 e. The SMILES string of the molecule is CC(CN1CC(=O)NC1C(=O)O)N1CC(=O)NC(=O)C1. The molecule has 2 unspecified atom stereocenters. The van der Waals surface area contributed by atoms with Gasteiger partial charge in [-0.3, -0.25) is 29.5 Å². The molecule has 3 amide bonds. The molecule has 2 aliphatic rings. The monoisotopic (exact) mass is 284 g/mol. The number of carboxylic acid groups (broad SMARTS) is 1. The van der Waals surface area contributed by atoms with E-state index >= 15 is 0 Å². The van der Waals surface area contributed by atoms with Crippen molar-refractivity contribution in [3.8, 4) is 0 Å². The molecule has 0 saturated carbocycles. The van der Waals surface area contributed by atoms with Crippen LogP contribution in [0.15, 0.2) is 0 Å². The molecule has 0 aromatic heterocycles. The molecular weight excluding hydrogens is 268 g/mol. The van der Waals surface area contributed by atoms with Crippen molar-refractivity contribution < 1.29 is 24.3 Å². The molecule has 0 spiro atoms. The molecule has 9 nitrogen and oxygen atoms in total. The molecule has 20 heavy (non-hydrogen) atoms. The van der Waals surface area contributed by atoms with Crippen molar-refractivity contribution in [3.63, 3.8) is 0 Å². The second kappa shape index (κ2) is 5.55. The number of aliphatic carboxylic acids is 1. The van der Waals surface area contributed by atoms with Gasteiger partial charge >= 0.3 is 5.97 Å². The first-order valence-corrected chi connectivity index (χ1v) is 6.20. The summed E-state index contributed by atoms with van der Waals surface area (Å²) in [4.78, 5) is 48.1. The number of rotatable bonds is 4. The standard InChI is InChI=1S/C11H16N4O5/c1-6(14-3-7(16)12-8(17)4-14)2-15-5-9(18)13-10(15)11(19)20/h6,10H,2-5H2,1H3,(H,13,18)(H,19,20)(H,12,16,17). The smallest absolute Gasteiger partial charge is 0.341 e. The van der Waals surface area contributed by atoms with E-state index < -0.39 is 12.1 Å². The lowest BCUT2D eigenvalue weighted by Crippen LogP contribution is -2.57. The number of hydrogen-bond donors (Lipinski definition) is 3. The van der Waals surface area contributed by atoms with E-state index in [-0.39, 0.29) is 49.9 Å². The minimum atomic E-state index is -1.13. The number of carboxylic acids is 1. The lowest BCUT2D eigenvalue weighted by molar-refractivity contribution is -0.144. The molecule has 110 valence electrons. The Morgan fingerprint density at radius 1 is 1.25 bits per heavy atom. The molecule has 0 aliphatic carbocycles. The molecule has 9 heteroatoms. The van der Waals surface area contributed by atoms with Gasteiger partial charge in [0.2, 0.25) is 17.7 Å². The summed E-state index contributed by atoms with van der Waals surface area (Å²) < 4.78 is 0. The lowest BCUT2D eigenvalue weighted by Gasteiger charge is -2.33. The van der Waals surface area contributed by atoms with E-state index in [0.717, 1.165) is 0 Å². The lowest BCUT2D eigenvalue weighted by atomic mass is 10.2. The Bertz CT molecular complexity index is 450. The van der Waals surface area contributed by atoms with Crippen LogP contribution in [-0.4, -0.2) is 77.0 Å². The van der Waals surface area contributed by atoms with Crippen LogP contribution in [-0.2, 0) is 19.2 Å². The van der Waals surface area contributed by atoms with Gasteiger partial charge in [-0.2, -0.15) is 0 Å². The third-order valence-corrected chi connectivity index (χ3v) is 3.34. The molecule has 2 rings (SSSR count). The van der Waals surface area contributed by atoms with Crippen molar-refractivity contribution in [1.82, 2.24) is 20.4 Å². The van der Waals surface area contributed by atoms with Crippen molar-refractivity contribution in [2.75, 3.05) is 26.2 Å². The van der Waals surface area contributed by atoms with Crippen molar-refractivity contribution in [2.45, 2.75) is 19.1 Å². The Labute approximate surface area is 114 Å². The number of nitrogens with one attached hydrogen (secondary N) is 2. The van der Waals surface area contributed by atoms with Crippen LogP contribution in [0.2, 0.25) is 0 Å². The maximum absolute atomic E-state index is 11.3. The molecule has 2 heterocycles. The van der Waals surface area contributed by atoms with Gasteiger partial charge in [-0.25, -0.2) is 4.79 Å². The quantitative estimate of drug-likeness (QED) is 0.476. The van der Waals surface area contributed by atoms with Crippen molar-refractivity contribution >= 4 is 23.7 Å². The fraction of sp³-hybridized carbons (Fsp3) is 0.636. The minimum Gasteiger partial charge on any atom is -0.479 e. The fourth-order valence-electron chi connectivity index (χ4n) is 2.38. The molecule has 2 aliphatic heterocycles. The van der Waals surface area contributed by atoms with Crippen LogP contribution in [0.1, 0.15) is 6.92 Å². The van der Waals surface area contributed by atoms with Crippen LogP contribution >= 0.6 is 0 Å². The predicted octanol–water partition coefficient (Wildman–Crippen LogP) is -2.82. The highest BCUT2D eigenvalue weighted by Gasteiger charge is 2.37. The second-order valence-electron chi connectivity index (χ2n) is 4.96. The first-order chi connectivity index (χ1) is 9.36. The zero-order chi connectivity index (χ0) is 14.9. The Kier molecular flexibility index (Phi) is 4.00. The number of hydrogen-bond acceptors (Lipinski definition) is 6. The van der Waals surface area contributed by atoms with Crippen molar-refractivity contribution in [3.05, 3.63) is 0 Å². The average Bonchev–Trinajstić information content (AvgIpc) is 2.69. The van der Waals surface area contributed by atoms with E-state index in [4.69, 9.17) is 5.11 Å². The van der Waals surface area contributed by atoms with Crippen LogP contribution in [0.5, 0.6) is 0 Å². The number of imide groups is 1. The number of nitrogens with zero attached hydrogens (tertiary/aromatic N) is 2. The molecule has 0 aromatic carbocycles. The van der Waals surface area contributed by atoms with E-state index in [1.807, 2.05) is 0 Å². The summed E-state index contributed by atoms with van der Waals surface area (Å²) in [5.41, 5.74) is 0. The van der Waals surface area contributed by atoms with Crippen LogP contribution in [0.3, 0.4) is 0 Å². The first-order valence-electron chi connectivity index (χ1n) is 6.20. The maximum atomic E-state index is 11.3. The summed E-state index contributed by atoms with van der Waals surface area (Å²) in [6.07, 6.45) is -1.06. The minimum absolute atomic E-state index is 0.00467. The molecular formula is C11H16N4O5. The van der Waals surface area contributed by atoms with E-state index in [2.05, 4.69) is 10.6 Å². The van der Waals surface area contributed by atoms with E-state index in [1.54, 1.807) is 11.8 Å². The third-order valence-electron chi connectivity index (χ3n) is 3.34. The summed E-state index contributed by atoms with van der Waals surface area (Å²) >= 11 is 0. The number of amides is 3. The Morgan fingerprint density at radius 2 is 1.85 bits per heavy atom. The molecule has 0 aromatic rings. The van der Waals surface area contributed by atoms with Gasteiger partial charge in [0, 0.05) is 12.6 Å². The van der Waals surface area contributed by atoms with Crippen LogP contribution in [0, 0.1) is 0 Å². The number of piperazine rings is 1. The highest BCUT2D eigenvalue weighted by atomic mass is 16.4. The Hall–Kier alpha value is -2.00. The van der Waals surface area contributed by atoms with Gasteiger partial charge in [0.25, 0.3) is 0 Å². The van der Waals surface area contributed by atoms with E-state index in [1.165, 1.54) is 4.90 Å². The average molecular weight is 284 g/mol. The molecule has 3 N–H and O–H groups in total. The summed E-state index contributed by atoms with van der Waals surface area (Å²) in [7, 11) is 0. The van der Waals surface area contributed by atoms with Crippen molar-refractivity contribution in [2.24, 2.45) is 0 Å². The number of carbonyl (C=O) groups excluding carboxylic acids is 3. The topological polar surface area (TPSA) is 119 Å². The van der Waals surface area contributed by atoms with Crippen LogP contribution in [0.25, 0.3) is 0 Å². The fourth-order valence-corrected chi connectivity index (χ4v) is 2.38. The van der Waals surface area contributed by atoms with Gasteiger partial charge in [-0.15, -0.1) is 0 Å². The van der Waals surface area contributed by atoms with Gasteiger partial charge in [-0.1, -0.05) is 0 Å². The van der Waals surface area contributed by atoms with Gasteiger partial charge in [0.05, 0.1) is 19.6 Å². The zero-order valence-corrected chi connectivity index (χ0v) is 11.0. The molecule has 0 radical (unpaired) electrons. The predicted molar refractivity (Wildman–Crippen MR) is 65.3 cm³/mol. The molecule has 2 atom stereocenters. The van der Waals surface area contributed by atoms with Crippen LogP contribution in [0.4, 0.5) is 0 Å². The number of carbonyl (C=O) groups is 4. The normalized spacial score (nSPS) is 26.2.